The number of rotatable bonds is 9. The van der Waals surface area contributed by atoms with Crippen LogP contribution in [-0.4, -0.2) is 66.5 Å². The number of sulfonamides is 2. The number of nitrogens with one attached hydrogen (secondary N) is 1. The van der Waals surface area contributed by atoms with Gasteiger partial charge in [0.25, 0.3) is 15.9 Å². The first kappa shape index (κ1) is 28.4. The van der Waals surface area contributed by atoms with Crippen molar-refractivity contribution < 1.29 is 31.1 Å². The Bertz CT molecular complexity index is 1610. The smallest absolute Gasteiger partial charge is 0.264 e. The number of hydrogen-bond donors (Lipinski definition) is 1. The SMILES string of the molecule is O=C(COc1ccc(S(=O)(=O)N2CCc3ccccc32)cc1Cl)NCc1ccc(S(=O)(=O)N2CCOCC2)cc1. The molecule has 0 bridgehead atoms. The number of anilines is 1. The molecular weight excluding hydrogens is 578 g/mol. The molecule has 0 atom stereocenters. The lowest BCUT2D eigenvalue weighted by Gasteiger charge is -2.26. The molecule has 40 heavy (non-hydrogen) atoms. The zero-order chi connectivity index (χ0) is 28.3. The topological polar surface area (TPSA) is 122 Å². The Morgan fingerprint density at radius 2 is 1.60 bits per heavy atom. The fourth-order valence-corrected chi connectivity index (χ4v) is 7.79. The van der Waals surface area contributed by atoms with Crippen molar-refractivity contribution in [1.29, 1.82) is 0 Å². The molecule has 2 aliphatic rings. The molecule has 13 heteroatoms. The molecule has 0 aromatic heterocycles. The summed E-state index contributed by atoms with van der Waals surface area (Å²) < 4.78 is 65.4. The number of nitrogens with zero attached hydrogens (tertiary/aromatic N) is 2. The first-order valence-corrected chi connectivity index (χ1v) is 15.9. The zero-order valence-electron chi connectivity index (χ0n) is 21.5. The minimum Gasteiger partial charge on any atom is -0.482 e. The third-order valence-corrected chi connectivity index (χ3v) is 10.7. The second-order valence-electron chi connectivity index (χ2n) is 9.27. The van der Waals surface area contributed by atoms with Crippen LogP contribution in [0.4, 0.5) is 5.69 Å². The third kappa shape index (κ3) is 5.96. The molecule has 1 amide bonds. The molecule has 3 aromatic rings. The Morgan fingerprint density at radius 1 is 0.900 bits per heavy atom. The summed E-state index contributed by atoms with van der Waals surface area (Å²) in [4.78, 5) is 12.6. The second kappa shape index (κ2) is 11.8. The number of halogens is 1. The third-order valence-electron chi connectivity index (χ3n) is 6.72. The molecule has 0 aliphatic carbocycles. The predicted octanol–water partition coefficient (Wildman–Crippen LogP) is 2.81. The highest BCUT2D eigenvalue weighted by molar-refractivity contribution is 7.92. The number of ether oxygens (including phenoxy) is 2. The maximum atomic E-state index is 13.2. The highest BCUT2D eigenvalue weighted by Crippen LogP contribution is 2.35. The van der Waals surface area contributed by atoms with Gasteiger partial charge in [-0.1, -0.05) is 41.9 Å². The van der Waals surface area contributed by atoms with Gasteiger partial charge >= 0.3 is 0 Å². The minimum absolute atomic E-state index is 0.0325. The number of carbonyl (C=O) groups excluding carboxylic acids is 1. The Hall–Kier alpha value is -3.16. The molecule has 2 heterocycles. The first-order valence-electron chi connectivity index (χ1n) is 12.6. The lowest BCUT2D eigenvalue weighted by Crippen LogP contribution is -2.40. The number of carbonyl (C=O) groups is 1. The van der Waals surface area contributed by atoms with Crippen LogP contribution in [-0.2, 0) is 42.5 Å². The van der Waals surface area contributed by atoms with Gasteiger partial charge in [-0.15, -0.1) is 0 Å². The molecule has 10 nitrogen and oxygen atoms in total. The van der Waals surface area contributed by atoms with Crippen molar-refractivity contribution in [2.24, 2.45) is 0 Å². The quantitative estimate of drug-likeness (QED) is 0.398. The zero-order valence-corrected chi connectivity index (χ0v) is 23.8. The normalized spacial score (nSPS) is 16.0. The van der Waals surface area contributed by atoms with Gasteiger partial charge < -0.3 is 14.8 Å². The van der Waals surface area contributed by atoms with Crippen molar-refractivity contribution in [3.05, 3.63) is 82.9 Å². The number of hydrogen-bond acceptors (Lipinski definition) is 7. The maximum absolute atomic E-state index is 13.2. The standard InChI is InChI=1S/C27H28ClN3O7S2/c28-24-17-23(40(35,36)31-12-11-21-3-1-2-4-25(21)31)9-10-26(24)38-19-27(32)29-18-20-5-7-22(8-6-20)39(33,34)30-13-15-37-16-14-30/h1-10,17H,11-16,18-19H2,(H,29,32). The van der Waals surface area contributed by atoms with Crippen LogP contribution >= 0.6 is 11.6 Å². The summed E-state index contributed by atoms with van der Waals surface area (Å²) >= 11 is 6.31. The van der Waals surface area contributed by atoms with Gasteiger partial charge in [-0.05, 0) is 53.9 Å². The van der Waals surface area contributed by atoms with Gasteiger partial charge in [0.15, 0.2) is 6.61 Å². The molecule has 0 radical (unpaired) electrons. The van der Waals surface area contributed by atoms with Crippen LogP contribution < -0.4 is 14.4 Å². The minimum atomic E-state index is -3.81. The average Bonchev–Trinajstić information content (AvgIpc) is 3.41. The molecular formula is C27H28ClN3O7S2. The highest BCUT2D eigenvalue weighted by atomic mass is 35.5. The summed E-state index contributed by atoms with van der Waals surface area (Å²) in [5.41, 5.74) is 2.34. The molecule has 212 valence electrons. The van der Waals surface area contributed by atoms with Crippen LogP contribution in [0, 0.1) is 0 Å². The summed E-state index contributed by atoms with van der Waals surface area (Å²) in [6.07, 6.45) is 0.636. The predicted molar refractivity (Wildman–Crippen MR) is 149 cm³/mol. The van der Waals surface area contributed by atoms with E-state index in [0.29, 0.717) is 50.5 Å². The van der Waals surface area contributed by atoms with Crippen molar-refractivity contribution in [2.45, 2.75) is 22.8 Å². The fraction of sp³-hybridized carbons (Fsp3) is 0.296. The summed E-state index contributed by atoms with van der Waals surface area (Å²) in [5, 5.41) is 2.77. The lowest BCUT2D eigenvalue weighted by atomic mass is 10.2. The van der Waals surface area contributed by atoms with Crippen LogP contribution in [0.25, 0.3) is 0 Å². The van der Waals surface area contributed by atoms with Gasteiger partial charge in [0.1, 0.15) is 5.75 Å². The van der Waals surface area contributed by atoms with E-state index in [1.165, 1.54) is 38.9 Å². The highest BCUT2D eigenvalue weighted by Gasteiger charge is 2.31. The maximum Gasteiger partial charge on any atom is 0.264 e. The van der Waals surface area contributed by atoms with E-state index in [-0.39, 0.29) is 33.7 Å². The molecule has 0 spiro atoms. The summed E-state index contributed by atoms with van der Waals surface area (Å²) in [7, 11) is -7.40. The Labute approximate surface area is 238 Å². The van der Waals surface area contributed by atoms with Crippen molar-refractivity contribution in [3.63, 3.8) is 0 Å². The van der Waals surface area contributed by atoms with Gasteiger partial charge in [-0.2, -0.15) is 4.31 Å². The van der Waals surface area contributed by atoms with Crippen LogP contribution in [0.3, 0.4) is 0 Å². The number of morpholine rings is 1. The van der Waals surface area contributed by atoms with Crippen molar-refractivity contribution >= 4 is 43.2 Å². The number of fused-ring (bicyclic) bond motifs is 1. The van der Waals surface area contributed by atoms with Crippen molar-refractivity contribution in [2.75, 3.05) is 43.8 Å². The number of amides is 1. The van der Waals surface area contributed by atoms with E-state index in [1.807, 2.05) is 12.1 Å². The fourth-order valence-electron chi connectivity index (χ4n) is 4.55. The lowest BCUT2D eigenvalue weighted by molar-refractivity contribution is -0.123. The molecule has 5 rings (SSSR count). The molecule has 1 fully saturated rings. The van der Waals surface area contributed by atoms with Gasteiger partial charge in [0.2, 0.25) is 10.0 Å². The van der Waals surface area contributed by atoms with E-state index in [9.17, 15) is 21.6 Å². The number of benzene rings is 3. The number of para-hydroxylation sites is 1. The van der Waals surface area contributed by atoms with Crippen LogP contribution in [0.1, 0.15) is 11.1 Å². The molecule has 1 N–H and O–H groups in total. The van der Waals surface area contributed by atoms with Gasteiger partial charge in [-0.3, -0.25) is 9.10 Å². The van der Waals surface area contributed by atoms with E-state index < -0.39 is 26.0 Å². The Morgan fingerprint density at radius 3 is 2.33 bits per heavy atom. The van der Waals surface area contributed by atoms with Crippen LogP contribution in [0.5, 0.6) is 5.75 Å². The van der Waals surface area contributed by atoms with Gasteiger partial charge in [-0.25, -0.2) is 16.8 Å². The van der Waals surface area contributed by atoms with Gasteiger partial charge in [0, 0.05) is 26.2 Å². The summed E-state index contributed by atoms with van der Waals surface area (Å²) in [6, 6.07) is 17.8. The molecule has 1 saturated heterocycles. The van der Waals surface area contributed by atoms with Crippen molar-refractivity contribution in [3.8, 4) is 5.75 Å². The summed E-state index contributed by atoms with van der Waals surface area (Å²) in [6.45, 7) is 1.55. The van der Waals surface area contributed by atoms with E-state index in [0.717, 1.165) is 5.56 Å². The van der Waals surface area contributed by atoms with E-state index in [1.54, 1.807) is 24.3 Å². The first-order chi connectivity index (χ1) is 19.2. The van der Waals surface area contributed by atoms with E-state index in [2.05, 4.69) is 5.32 Å². The second-order valence-corrected chi connectivity index (χ2v) is 13.5. The molecule has 3 aromatic carbocycles. The Kier molecular flexibility index (Phi) is 8.34. The van der Waals surface area contributed by atoms with Crippen LogP contribution in [0.15, 0.2) is 76.5 Å². The molecule has 0 saturated carbocycles. The van der Waals surface area contributed by atoms with Crippen molar-refractivity contribution in [1.82, 2.24) is 9.62 Å². The van der Waals surface area contributed by atoms with E-state index >= 15 is 0 Å². The van der Waals surface area contributed by atoms with Crippen LogP contribution in [0.2, 0.25) is 5.02 Å². The van der Waals surface area contributed by atoms with Gasteiger partial charge in [0.05, 0.1) is 33.7 Å². The largest absolute Gasteiger partial charge is 0.482 e. The monoisotopic (exact) mass is 605 g/mol. The summed E-state index contributed by atoms with van der Waals surface area (Å²) in [5.74, 6) is -0.248. The Balaban J connectivity index is 1.15. The molecule has 0 unspecified atom stereocenters. The molecule has 2 aliphatic heterocycles. The average molecular weight is 606 g/mol. The van der Waals surface area contributed by atoms with E-state index in [4.69, 9.17) is 21.1 Å².